The number of benzene rings is 2. The third-order valence-electron chi connectivity index (χ3n) is 4.61. The lowest BCUT2D eigenvalue weighted by atomic mass is 9.97. The number of ether oxygens (including phenoxy) is 2. The minimum Gasteiger partial charge on any atom is -0.497 e. The molecule has 0 aliphatic rings. The molecule has 30 heavy (non-hydrogen) atoms. The van der Waals surface area contributed by atoms with Gasteiger partial charge < -0.3 is 14.8 Å². The first kappa shape index (κ1) is 23.5. The summed E-state index contributed by atoms with van der Waals surface area (Å²) in [6, 6.07) is 13.8. The first-order valence-corrected chi connectivity index (χ1v) is 11.5. The summed E-state index contributed by atoms with van der Waals surface area (Å²) in [4.78, 5) is 12.8. The van der Waals surface area contributed by atoms with Crippen molar-refractivity contribution < 1.29 is 22.7 Å². The van der Waals surface area contributed by atoms with E-state index in [-0.39, 0.29) is 18.5 Å². The Morgan fingerprint density at radius 1 is 0.967 bits per heavy atom. The van der Waals surface area contributed by atoms with Crippen molar-refractivity contribution in [2.24, 2.45) is 5.92 Å². The number of carbonyl (C=O) groups excluding carboxylic acids is 1. The highest BCUT2D eigenvalue weighted by Gasteiger charge is 2.23. The summed E-state index contributed by atoms with van der Waals surface area (Å²) in [5, 5.41) is 2.99. The third-order valence-corrected chi connectivity index (χ3v) is 5.75. The van der Waals surface area contributed by atoms with Crippen molar-refractivity contribution >= 4 is 21.6 Å². The Balaban J connectivity index is 2.21. The molecule has 0 heterocycles. The maximum Gasteiger partial charge on any atom is 0.241 e. The largest absolute Gasteiger partial charge is 0.497 e. The average molecular weight is 435 g/mol. The van der Waals surface area contributed by atoms with E-state index in [0.29, 0.717) is 17.4 Å². The Bertz CT molecular complexity index is 925. The van der Waals surface area contributed by atoms with E-state index >= 15 is 0 Å². The van der Waals surface area contributed by atoms with Crippen LogP contribution in [-0.4, -0.2) is 41.3 Å². The summed E-state index contributed by atoms with van der Waals surface area (Å²) in [5.41, 5.74) is 1.34. The Hall–Kier alpha value is -2.74. The second-order valence-corrected chi connectivity index (χ2v) is 9.40. The first-order chi connectivity index (χ1) is 14.1. The quantitative estimate of drug-likeness (QED) is 0.620. The van der Waals surface area contributed by atoms with Gasteiger partial charge in [-0.2, -0.15) is 0 Å². The smallest absolute Gasteiger partial charge is 0.241 e. The molecule has 0 aliphatic carbocycles. The summed E-state index contributed by atoms with van der Waals surface area (Å²) in [6.07, 6.45) is 1.80. The Labute approximate surface area is 179 Å². The molecule has 2 rings (SSSR count). The molecule has 0 spiro atoms. The molecule has 0 saturated heterocycles. The summed E-state index contributed by atoms with van der Waals surface area (Å²) >= 11 is 0. The third kappa shape index (κ3) is 6.66. The number of hydrogen-bond donors (Lipinski definition) is 1. The molecule has 0 aromatic heterocycles. The molecule has 8 heteroatoms. The molecule has 1 N–H and O–H groups in total. The van der Waals surface area contributed by atoms with Crippen molar-refractivity contribution in [1.29, 1.82) is 0 Å². The average Bonchev–Trinajstić information content (AvgIpc) is 2.70. The molecule has 0 unspecified atom stereocenters. The monoisotopic (exact) mass is 434 g/mol. The minimum absolute atomic E-state index is 0.235. The molecule has 2 aromatic carbocycles. The molecule has 1 atom stereocenters. The molecule has 0 aliphatic heterocycles. The molecule has 0 radical (unpaired) electrons. The van der Waals surface area contributed by atoms with E-state index < -0.39 is 10.0 Å². The summed E-state index contributed by atoms with van der Waals surface area (Å²) < 4.78 is 36.1. The minimum atomic E-state index is -3.65. The van der Waals surface area contributed by atoms with Gasteiger partial charge in [-0.25, -0.2) is 8.42 Å². The van der Waals surface area contributed by atoms with Gasteiger partial charge >= 0.3 is 0 Å². The highest BCUT2D eigenvalue weighted by molar-refractivity contribution is 7.92. The molecular weight excluding hydrogens is 404 g/mol. The van der Waals surface area contributed by atoms with Gasteiger partial charge in [-0.1, -0.05) is 26.0 Å². The van der Waals surface area contributed by atoms with E-state index in [2.05, 4.69) is 19.2 Å². The predicted molar refractivity (Wildman–Crippen MR) is 119 cm³/mol. The van der Waals surface area contributed by atoms with Crippen LogP contribution < -0.4 is 19.1 Å². The van der Waals surface area contributed by atoms with Crippen LogP contribution in [0.25, 0.3) is 0 Å². The fraction of sp³-hybridized carbons (Fsp3) is 0.409. The lowest BCUT2D eigenvalue weighted by molar-refractivity contribution is -0.120. The number of rotatable bonds is 10. The van der Waals surface area contributed by atoms with Gasteiger partial charge in [-0.15, -0.1) is 0 Å². The van der Waals surface area contributed by atoms with Crippen molar-refractivity contribution in [2.45, 2.75) is 26.3 Å². The lowest BCUT2D eigenvalue weighted by Crippen LogP contribution is -2.41. The number of hydrogen-bond acceptors (Lipinski definition) is 5. The topological polar surface area (TPSA) is 84.9 Å². The van der Waals surface area contributed by atoms with Gasteiger partial charge in [0.2, 0.25) is 15.9 Å². The summed E-state index contributed by atoms with van der Waals surface area (Å²) in [7, 11) is -0.519. The van der Waals surface area contributed by atoms with Crippen LogP contribution in [0.4, 0.5) is 5.69 Å². The van der Waals surface area contributed by atoms with Gasteiger partial charge in [0.15, 0.2) is 0 Å². The van der Waals surface area contributed by atoms with E-state index in [4.69, 9.17) is 9.47 Å². The van der Waals surface area contributed by atoms with Crippen LogP contribution in [0.5, 0.6) is 11.5 Å². The van der Waals surface area contributed by atoms with Gasteiger partial charge in [0.05, 0.1) is 32.2 Å². The van der Waals surface area contributed by atoms with Gasteiger partial charge in [0.1, 0.15) is 18.0 Å². The Morgan fingerprint density at radius 3 is 1.90 bits per heavy atom. The highest BCUT2D eigenvalue weighted by Crippen LogP contribution is 2.25. The van der Waals surface area contributed by atoms with E-state index in [1.54, 1.807) is 31.4 Å². The van der Waals surface area contributed by atoms with Crippen molar-refractivity contribution in [3.63, 3.8) is 0 Å². The van der Waals surface area contributed by atoms with Crippen LogP contribution in [0, 0.1) is 5.92 Å². The maximum atomic E-state index is 12.8. The second kappa shape index (κ2) is 10.3. The molecule has 2 aromatic rings. The van der Waals surface area contributed by atoms with Gasteiger partial charge in [-0.3, -0.25) is 9.10 Å². The Kier molecular flexibility index (Phi) is 8.11. The van der Waals surface area contributed by atoms with E-state index in [9.17, 15) is 13.2 Å². The second-order valence-electron chi connectivity index (χ2n) is 7.49. The molecule has 0 saturated carbocycles. The predicted octanol–water partition coefficient (Wildman–Crippen LogP) is 3.37. The zero-order chi connectivity index (χ0) is 22.3. The zero-order valence-electron chi connectivity index (χ0n) is 18.1. The van der Waals surface area contributed by atoms with Gasteiger partial charge in [-0.05, 0) is 54.3 Å². The fourth-order valence-electron chi connectivity index (χ4n) is 3.10. The van der Waals surface area contributed by atoms with Crippen LogP contribution >= 0.6 is 0 Å². The van der Waals surface area contributed by atoms with Gasteiger partial charge in [0, 0.05) is 0 Å². The standard InChI is InChI=1S/C22H30N2O5S/c1-16(2)14-21(17-6-10-19(28-3)11-7-17)23-22(25)15-24(30(5,26)27)18-8-12-20(29-4)13-9-18/h6-13,16,21H,14-15H2,1-5H3,(H,23,25)/t21-/m1/s1. The summed E-state index contributed by atoms with van der Waals surface area (Å²) in [6.45, 7) is 3.83. The van der Waals surface area contributed by atoms with Crippen LogP contribution in [0.2, 0.25) is 0 Å². The molecule has 0 fully saturated rings. The molecular formula is C22H30N2O5S. The van der Waals surface area contributed by atoms with Crippen molar-refractivity contribution in [2.75, 3.05) is 31.3 Å². The number of anilines is 1. The van der Waals surface area contributed by atoms with Crippen LogP contribution in [0.15, 0.2) is 48.5 Å². The fourth-order valence-corrected chi connectivity index (χ4v) is 3.96. The molecule has 7 nitrogen and oxygen atoms in total. The van der Waals surface area contributed by atoms with Crippen molar-refractivity contribution in [1.82, 2.24) is 5.32 Å². The van der Waals surface area contributed by atoms with E-state index in [1.165, 1.54) is 7.11 Å². The number of nitrogens with one attached hydrogen (secondary N) is 1. The number of nitrogens with zero attached hydrogens (tertiary/aromatic N) is 1. The van der Waals surface area contributed by atoms with Crippen LogP contribution in [0.3, 0.4) is 0 Å². The first-order valence-electron chi connectivity index (χ1n) is 9.69. The van der Waals surface area contributed by atoms with Crippen molar-refractivity contribution in [3.8, 4) is 11.5 Å². The molecule has 1 amide bonds. The number of amides is 1. The van der Waals surface area contributed by atoms with Crippen LogP contribution in [-0.2, 0) is 14.8 Å². The maximum absolute atomic E-state index is 12.8. The SMILES string of the molecule is COc1ccc([C@@H](CC(C)C)NC(=O)CN(c2ccc(OC)cc2)S(C)(=O)=O)cc1. The highest BCUT2D eigenvalue weighted by atomic mass is 32.2. The lowest BCUT2D eigenvalue weighted by Gasteiger charge is -2.25. The van der Waals surface area contributed by atoms with Gasteiger partial charge in [0.25, 0.3) is 0 Å². The summed E-state index contributed by atoms with van der Waals surface area (Å²) in [5.74, 6) is 1.30. The van der Waals surface area contributed by atoms with E-state index in [0.717, 1.165) is 28.3 Å². The normalized spacial score (nSPS) is 12.3. The number of carbonyl (C=O) groups is 1. The zero-order valence-corrected chi connectivity index (χ0v) is 18.9. The van der Waals surface area contributed by atoms with Crippen LogP contribution in [0.1, 0.15) is 31.9 Å². The number of methoxy groups -OCH3 is 2. The number of sulfonamides is 1. The van der Waals surface area contributed by atoms with E-state index in [1.807, 2.05) is 24.3 Å². The van der Waals surface area contributed by atoms with Crippen molar-refractivity contribution in [3.05, 3.63) is 54.1 Å². The Morgan fingerprint density at radius 2 is 1.47 bits per heavy atom. The molecule has 0 bridgehead atoms. The molecule has 164 valence electrons.